The summed E-state index contributed by atoms with van der Waals surface area (Å²) in [7, 11) is 2.52. The summed E-state index contributed by atoms with van der Waals surface area (Å²) >= 11 is 0. The van der Waals surface area contributed by atoms with Crippen LogP contribution in [0.4, 0.5) is 0 Å². The first-order valence-electron chi connectivity index (χ1n) is 10.5. The van der Waals surface area contributed by atoms with Gasteiger partial charge in [0.05, 0.1) is 0 Å². The van der Waals surface area contributed by atoms with E-state index < -0.39 is 5.72 Å². The fraction of sp³-hybridized carbons (Fsp3) is 0.952. The molecule has 0 amide bonds. The molecule has 3 unspecified atom stereocenters. The van der Waals surface area contributed by atoms with Gasteiger partial charge < -0.3 is 10.5 Å². The molecule has 1 fully saturated rings. The summed E-state index contributed by atoms with van der Waals surface area (Å²) in [6, 6.07) is 0. The topological polar surface area (TPSA) is 52.3 Å². The number of carbonyl (C=O) groups excluding carboxylic acids is 1. The van der Waals surface area contributed by atoms with Crippen LogP contribution >= 0.6 is 0 Å². The van der Waals surface area contributed by atoms with Gasteiger partial charge in [-0.1, -0.05) is 85.2 Å². The first-order valence-corrected chi connectivity index (χ1v) is 10.5. The quantitative estimate of drug-likeness (QED) is 0.476. The molecule has 0 saturated heterocycles. The van der Waals surface area contributed by atoms with E-state index in [2.05, 4.69) is 34.6 Å². The largest absolute Gasteiger partial charge is 0.361 e. The molecule has 2 N–H and O–H groups in total. The number of ketones is 1. The molecule has 0 spiro atoms. The molecule has 0 radical (unpaired) electrons. The zero-order valence-electron chi connectivity index (χ0n) is 19.0. The monoisotopic (exact) mass is 363 g/mol. The van der Waals surface area contributed by atoms with E-state index in [-0.39, 0.29) is 16.5 Å². The van der Waals surface area contributed by atoms with Gasteiger partial charge in [0.25, 0.3) is 0 Å². The van der Waals surface area contributed by atoms with Crippen molar-refractivity contribution in [2.75, 3.05) is 6.61 Å². The smallest absolute Gasteiger partial charge is 0.138 e. The predicted molar refractivity (Wildman–Crippen MR) is 117 cm³/mol. The van der Waals surface area contributed by atoms with Gasteiger partial charge in [-0.2, -0.15) is 0 Å². The number of hydrogen-bond donors (Lipinski definition) is 1. The van der Waals surface area contributed by atoms with Crippen LogP contribution in [0.2, 0.25) is 22.3 Å². The molecule has 1 aliphatic carbocycles. The number of Topliss-reactive ketones (excluding diaryl/α,β-unsaturated/α-hetero) is 1. The minimum Gasteiger partial charge on any atom is -0.361 e. The highest BCUT2D eigenvalue weighted by Crippen LogP contribution is 2.50. The number of hydrogen-bond acceptors (Lipinski definition) is 3. The van der Waals surface area contributed by atoms with Gasteiger partial charge in [-0.15, -0.1) is 0 Å². The molecule has 0 heterocycles. The molecule has 26 heavy (non-hydrogen) atoms. The van der Waals surface area contributed by atoms with Crippen molar-refractivity contribution in [1.29, 1.82) is 0 Å². The van der Waals surface area contributed by atoms with Crippen LogP contribution in [0, 0.1) is 5.41 Å². The normalized spacial score (nSPS) is 23.8. The third kappa shape index (κ3) is 8.61. The van der Waals surface area contributed by atoms with Crippen molar-refractivity contribution in [3.05, 3.63) is 0 Å². The van der Waals surface area contributed by atoms with Crippen LogP contribution in [0.15, 0.2) is 0 Å². The molecule has 0 aromatic carbocycles. The molecule has 0 bridgehead atoms. The molecule has 3 nitrogen and oxygen atoms in total. The van der Waals surface area contributed by atoms with E-state index in [1.807, 2.05) is 27.7 Å². The highest BCUT2D eigenvalue weighted by atomic mass is 16.5. The predicted octanol–water partition coefficient (Wildman–Crippen LogP) is 4.73. The van der Waals surface area contributed by atoms with E-state index in [0.29, 0.717) is 24.8 Å². The Hall–Kier alpha value is -0.280. The van der Waals surface area contributed by atoms with Gasteiger partial charge in [0.15, 0.2) is 0 Å². The summed E-state index contributed by atoms with van der Waals surface area (Å²) in [6.07, 6.45) is 3.79. The van der Waals surface area contributed by atoms with E-state index in [4.69, 9.17) is 10.5 Å². The highest BCUT2D eigenvalue weighted by molar-refractivity contribution is 6.49. The fourth-order valence-electron chi connectivity index (χ4n) is 3.90. The summed E-state index contributed by atoms with van der Waals surface area (Å²) in [4.78, 5) is 12.1. The van der Waals surface area contributed by atoms with Crippen LogP contribution in [0.1, 0.15) is 88.0 Å². The zero-order chi connectivity index (χ0) is 20.4. The molecule has 1 rings (SSSR count). The van der Waals surface area contributed by atoms with Crippen LogP contribution in [0.5, 0.6) is 0 Å². The van der Waals surface area contributed by atoms with E-state index in [9.17, 15) is 4.79 Å². The Morgan fingerprint density at radius 1 is 0.962 bits per heavy atom. The van der Waals surface area contributed by atoms with Crippen molar-refractivity contribution >= 4 is 20.3 Å². The number of carbonyl (C=O) groups is 1. The first-order chi connectivity index (χ1) is 11.5. The van der Waals surface area contributed by atoms with Gasteiger partial charge in [-0.05, 0) is 18.7 Å². The van der Waals surface area contributed by atoms with Crippen molar-refractivity contribution in [3.63, 3.8) is 0 Å². The molecule has 5 heteroatoms. The Morgan fingerprint density at radius 3 is 1.88 bits per heavy atom. The lowest BCUT2D eigenvalue weighted by atomic mass is 9.30. The van der Waals surface area contributed by atoms with Crippen molar-refractivity contribution in [2.45, 2.75) is 116 Å². The van der Waals surface area contributed by atoms with Gasteiger partial charge in [0.2, 0.25) is 0 Å². The minimum atomic E-state index is -0.734. The summed E-state index contributed by atoms with van der Waals surface area (Å²) < 4.78 is 6.09. The van der Waals surface area contributed by atoms with Crippen molar-refractivity contribution < 1.29 is 9.53 Å². The van der Waals surface area contributed by atoms with Crippen LogP contribution in [-0.2, 0) is 9.53 Å². The maximum atomic E-state index is 12.1. The Labute approximate surface area is 164 Å². The fourth-order valence-corrected chi connectivity index (χ4v) is 3.90. The molecular weight excluding hydrogens is 320 g/mol. The van der Waals surface area contributed by atoms with E-state index >= 15 is 0 Å². The Balaban J connectivity index is 2.45. The van der Waals surface area contributed by atoms with Gasteiger partial charge in [0, 0.05) is 18.4 Å². The third-order valence-corrected chi connectivity index (χ3v) is 5.74. The van der Waals surface area contributed by atoms with Gasteiger partial charge in [-0.3, -0.25) is 4.79 Å². The Morgan fingerprint density at radius 2 is 1.46 bits per heavy atom. The third-order valence-electron chi connectivity index (χ3n) is 5.74. The lowest BCUT2D eigenvalue weighted by Crippen LogP contribution is -2.43. The summed E-state index contributed by atoms with van der Waals surface area (Å²) in [5, 5.41) is 0.537. The summed E-state index contributed by atoms with van der Waals surface area (Å²) in [5.41, 5.74) is 5.29. The molecule has 0 aromatic heterocycles. The maximum Gasteiger partial charge on any atom is 0.138 e. The average Bonchev–Trinajstić information content (AvgIpc) is 2.44. The molecule has 3 atom stereocenters. The number of ether oxygens (including phenoxy) is 1. The van der Waals surface area contributed by atoms with Crippen molar-refractivity contribution in [1.82, 2.24) is 0 Å². The van der Waals surface area contributed by atoms with E-state index in [1.54, 1.807) is 0 Å². The first kappa shape index (κ1) is 23.8. The van der Waals surface area contributed by atoms with Gasteiger partial charge in [0.1, 0.15) is 26.1 Å². The summed E-state index contributed by atoms with van der Waals surface area (Å²) in [6.45, 7) is 20.0. The van der Waals surface area contributed by atoms with Gasteiger partial charge in [-0.25, -0.2) is 0 Å². The highest BCUT2D eigenvalue weighted by Gasteiger charge is 2.39. The number of rotatable bonds is 9. The lowest BCUT2D eigenvalue weighted by molar-refractivity contribution is -0.128. The van der Waals surface area contributed by atoms with E-state index in [1.165, 1.54) is 27.4 Å². The standard InChI is InChI=1S/C21H43B2NO2/c1-18(2,3)17(25)12-13-21(9,24)26-14-20(7,8)23-16-11-10-15(16)22-19(4,5)6/h15-16,22-23H,10-14,24H2,1-9H3. The van der Waals surface area contributed by atoms with Crippen LogP contribution in [0.3, 0.4) is 0 Å². The molecule has 150 valence electrons. The molecule has 1 saturated carbocycles. The number of nitrogens with two attached hydrogens (primary N) is 1. The van der Waals surface area contributed by atoms with Crippen LogP contribution in [-0.4, -0.2) is 32.7 Å². The maximum absolute atomic E-state index is 12.1. The lowest BCUT2D eigenvalue weighted by Gasteiger charge is -2.43. The Bertz CT molecular complexity index is 475. The molecular formula is C21H43B2NO2. The summed E-state index contributed by atoms with van der Waals surface area (Å²) in [5.74, 6) is 1.93. The second-order valence-corrected chi connectivity index (χ2v) is 12.0. The van der Waals surface area contributed by atoms with Crippen molar-refractivity contribution in [2.24, 2.45) is 11.1 Å². The zero-order valence-corrected chi connectivity index (χ0v) is 19.0. The molecule has 0 aliphatic heterocycles. The van der Waals surface area contributed by atoms with Crippen LogP contribution < -0.4 is 5.73 Å². The average molecular weight is 363 g/mol. The van der Waals surface area contributed by atoms with Gasteiger partial charge >= 0.3 is 0 Å². The van der Waals surface area contributed by atoms with E-state index in [0.717, 1.165) is 11.6 Å². The second kappa shape index (κ2) is 8.39. The molecule has 0 aromatic rings. The Kier molecular flexibility index (Phi) is 7.66. The van der Waals surface area contributed by atoms with Crippen LogP contribution in [0.25, 0.3) is 0 Å². The van der Waals surface area contributed by atoms with Crippen molar-refractivity contribution in [3.8, 4) is 0 Å². The minimum absolute atomic E-state index is 0.121. The molecule has 1 aliphatic rings. The SMILES string of the molecule is CC(C)(C)BC1CCC1BC(C)(C)COC(C)(N)CCC(=O)C(C)(C)C. The second-order valence-electron chi connectivity index (χ2n) is 12.0.